The molecule has 37 heteroatoms. The Labute approximate surface area is 537 Å². The molecule has 1 aliphatic carbocycles. The number of nitrogens with two attached hydrogens (primary N) is 1. The Morgan fingerprint density at radius 3 is 2.33 bits per heavy atom. The van der Waals surface area contributed by atoms with Crippen LogP contribution in [0.1, 0.15) is 74.2 Å². The number of phosphoric acid groups is 3. The molecule has 2 aromatic carbocycles. The number of H-pyrrole nitrogens is 1. The molecule has 0 saturated carbocycles. The van der Waals surface area contributed by atoms with Gasteiger partial charge in [-0.15, -0.1) is 0 Å². The molecular formula is C54H72N7O23P3S4. The van der Waals surface area contributed by atoms with Crippen LogP contribution in [-0.2, 0) is 80.6 Å². The summed E-state index contributed by atoms with van der Waals surface area (Å²) in [6.45, 7) is 8.98. The Balaban J connectivity index is 0.771. The summed E-state index contributed by atoms with van der Waals surface area (Å²) in [4.78, 5) is 102. The van der Waals surface area contributed by atoms with E-state index in [1.165, 1.54) is 10.8 Å². The quantitative estimate of drug-likeness (QED) is 0.00413. The van der Waals surface area contributed by atoms with Gasteiger partial charge in [-0.25, -0.2) is 28.1 Å². The SMILES string of the molecule is CCS(=S)COC1C[C@H](n2cc(C#CCNC(=O)OCCCCOCSSC(C)(C)CCOC(=O)NCCOCCOCCNC(=O)c3ccc(C)c(-c4c5ccc(=N)cc-5oc5cc(N)ccc45)c3)c(=O)[nH]c2=O)O[C@@H]1COP(=O)(O)OP(=O)(O)OP(=O)(O)O. The van der Waals surface area contributed by atoms with Crippen LogP contribution < -0.4 is 38.3 Å². The van der Waals surface area contributed by atoms with E-state index in [1.807, 2.05) is 52.0 Å². The second-order valence-electron chi connectivity index (χ2n) is 20.3. The van der Waals surface area contributed by atoms with Crippen molar-refractivity contribution in [3.05, 3.63) is 104 Å². The minimum atomic E-state index is -5.81. The van der Waals surface area contributed by atoms with E-state index < -0.39 is 81.4 Å². The fourth-order valence-corrected chi connectivity index (χ4v) is 14.3. The number of aromatic amines is 1. The highest BCUT2D eigenvalue weighted by Crippen LogP contribution is 2.66. The lowest BCUT2D eigenvalue weighted by atomic mass is 9.90. The lowest BCUT2D eigenvalue weighted by Crippen LogP contribution is -2.34. The fraction of sp³-hybridized carbons (Fsp3) is 0.481. The lowest BCUT2D eigenvalue weighted by molar-refractivity contribution is -0.0545. The van der Waals surface area contributed by atoms with Crippen LogP contribution in [0.3, 0.4) is 0 Å². The van der Waals surface area contributed by atoms with Gasteiger partial charge < -0.3 is 84.2 Å². The number of aromatic nitrogens is 2. The highest BCUT2D eigenvalue weighted by Gasteiger charge is 2.44. The van der Waals surface area contributed by atoms with E-state index in [-0.39, 0.29) is 87.9 Å². The molecule has 3 aromatic rings. The standard InChI is InChI=1S/C54H72N7O23P3S4/c1-5-91(88)34-79-45-30-47(82-46(45)32-80-86(70,71)84-87(72,73)83-85(67,68)69)61-31-37(50(63)60-51(61)64)9-8-17-58-52(65)77-21-7-6-20-76-33-89-90-54(3,4)16-22-78-53(66)59-19-24-75-26-25-74-23-18-57-49(62)36-11-10-35(2)42(27-36)48-40-14-12-38(55)28-43(40)81-44-29-39(56)13-15-41(44)48/h10-15,27-29,31,45-47,55H,5-7,16-26,30,32-34,56H2,1-4H3,(H,57,62)(H,58,65)(H,59,66)(H,70,71)(H,72,73)(H,60,63,64)(H2,67,68,69)/t45?,46-,47-,91?/m1/s1. The summed E-state index contributed by atoms with van der Waals surface area (Å²) in [6, 6.07) is 16.2. The first-order chi connectivity index (χ1) is 43.1. The third-order valence-corrected chi connectivity index (χ3v) is 21.6. The van der Waals surface area contributed by atoms with E-state index in [0.717, 1.165) is 38.4 Å². The van der Waals surface area contributed by atoms with Gasteiger partial charge in [-0.05, 0) is 104 Å². The van der Waals surface area contributed by atoms with Crippen molar-refractivity contribution in [1.82, 2.24) is 25.5 Å². The number of hydrogen-bond acceptors (Lipinski definition) is 24. The molecule has 6 atom stereocenters. The number of nitrogens with one attached hydrogen (secondary N) is 5. The topological polar surface area (TPSA) is 430 Å². The van der Waals surface area contributed by atoms with E-state index >= 15 is 0 Å². The van der Waals surface area contributed by atoms with Gasteiger partial charge in [0.25, 0.3) is 11.5 Å². The van der Waals surface area contributed by atoms with Gasteiger partial charge in [0.2, 0.25) is 0 Å². The number of benzene rings is 3. The molecule has 30 nitrogen and oxygen atoms in total. The van der Waals surface area contributed by atoms with Crippen LogP contribution in [0.5, 0.6) is 0 Å². The fourth-order valence-electron chi connectivity index (χ4n) is 8.35. The summed E-state index contributed by atoms with van der Waals surface area (Å²) in [5, 5.41) is 17.3. The van der Waals surface area contributed by atoms with Gasteiger partial charge in [-0.2, -0.15) is 8.62 Å². The number of phosphoric ester groups is 1. The predicted octanol–water partition coefficient (Wildman–Crippen LogP) is 6.07. The number of unbranched alkanes of at least 4 members (excludes halogenated alkanes) is 1. The first-order valence-electron chi connectivity index (χ1n) is 27.9. The molecule has 1 saturated heterocycles. The summed E-state index contributed by atoms with van der Waals surface area (Å²) in [5.74, 6) is 6.40. The highest BCUT2D eigenvalue weighted by atomic mass is 33.1. The molecule has 0 radical (unpaired) electrons. The van der Waals surface area contributed by atoms with Gasteiger partial charge in [0, 0.05) is 77.0 Å². The van der Waals surface area contributed by atoms with Crippen LogP contribution in [0.15, 0.2) is 74.8 Å². The first kappa shape index (κ1) is 74.7. The number of ether oxygens (including phenoxy) is 7. The number of nitrogens with zero attached hydrogens (tertiary/aromatic N) is 1. The van der Waals surface area contributed by atoms with Gasteiger partial charge in [0.1, 0.15) is 35.2 Å². The minimum absolute atomic E-state index is 0.0252. The van der Waals surface area contributed by atoms with Gasteiger partial charge in [0.05, 0.1) is 70.2 Å². The molecule has 2 aliphatic heterocycles. The zero-order chi connectivity index (χ0) is 66.4. The predicted molar refractivity (Wildman–Crippen MR) is 341 cm³/mol. The maximum absolute atomic E-state index is 13.2. The van der Waals surface area contributed by atoms with Gasteiger partial charge >= 0.3 is 41.3 Å². The molecule has 3 heterocycles. The van der Waals surface area contributed by atoms with E-state index in [2.05, 4.69) is 41.4 Å². The maximum atomic E-state index is 13.2. The largest absolute Gasteiger partial charge is 0.490 e. The average molecular weight is 1410 g/mol. The molecule has 91 heavy (non-hydrogen) atoms. The lowest BCUT2D eigenvalue weighted by Gasteiger charge is -2.22. The number of nitrogen functional groups attached to an aromatic ring is 1. The number of hydrogen-bond donors (Lipinski definition) is 10. The Hall–Kier alpha value is -5.34. The molecular weight excluding hydrogens is 1340 g/mol. The molecule has 1 fully saturated rings. The smallest absolute Gasteiger partial charge is 0.456 e. The van der Waals surface area contributed by atoms with Crippen LogP contribution in [0, 0.1) is 24.2 Å². The molecule has 0 bridgehead atoms. The minimum Gasteiger partial charge on any atom is -0.456 e. The Morgan fingerprint density at radius 2 is 1.59 bits per heavy atom. The molecule has 4 unspecified atom stereocenters. The summed E-state index contributed by atoms with van der Waals surface area (Å²) in [5.41, 5.74) is 9.16. The summed E-state index contributed by atoms with van der Waals surface area (Å²) < 4.78 is 93.3. The number of fused-ring (bicyclic) bond motifs is 2. The normalized spacial score (nSPS) is 16.7. The van der Waals surface area contributed by atoms with Crippen molar-refractivity contribution in [2.45, 2.75) is 76.6 Å². The zero-order valence-electron chi connectivity index (χ0n) is 49.8. The Bertz CT molecular complexity index is 3710. The van der Waals surface area contributed by atoms with E-state index in [4.69, 9.17) is 74.2 Å². The third-order valence-electron chi connectivity index (χ3n) is 12.8. The number of alkyl carbamates (subject to hydrolysis) is 2. The van der Waals surface area contributed by atoms with Crippen molar-refractivity contribution in [3.8, 4) is 34.3 Å². The van der Waals surface area contributed by atoms with Crippen molar-refractivity contribution in [1.29, 1.82) is 5.41 Å². The van der Waals surface area contributed by atoms with Crippen LogP contribution in [0.4, 0.5) is 15.3 Å². The monoisotopic (exact) mass is 1410 g/mol. The Kier molecular flexibility index (Phi) is 29.4. The number of carbonyl (C=O) groups is 3. The van der Waals surface area contributed by atoms with Gasteiger partial charge in [0.15, 0.2) is 0 Å². The van der Waals surface area contributed by atoms with E-state index in [1.54, 1.807) is 41.1 Å². The summed E-state index contributed by atoms with van der Waals surface area (Å²) in [7, 11) is -14.5. The van der Waals surface area contributed by atoms with Crippen LogP contribution in [-0.4, -0.2) is 154 Å². The van der Waals surface area contributed by atoms with Crippen molar-refractivity contribution in [2.75, 3.05) is 95.9 Å². The van der Waals surface area contributed by atoms with Crippen molar-refractivity contribution in [3.63, 3.8) is 0 Å². The third kappa shape index (κ3) is 25.5. The second-order valence-corrected chi connectivity index (χ2v) is 30.7. The average Bonchev–Trinajstić information content (AvgIpc) is 1.13. The molecule has 3 amide bonds. The Morgan fingerprint density at radius 1 is 0.879 bits per heavy atom. The van der Waals surface area contributed by atoms with Crippen LogP contribution in [0.2, 0.25) is 0 Å². The number of anilines is 1. The number of rotatable bonds is 36. The molecule has 500 valence electrons. The zero-order valence-corrected chi connectivity index (χ0v) is 55.7. The van der Waals surface area contributed by atoms with Crippen LogP contribution in [0.25, 0.3) is 33.4 Å². The number of carbonyl (C=O) groups excluding carboxylic acids is 3. The van der Waals surface area contributed by atoms with Crippen molar-refractivity contribution >= 4 is 100 Å². The molecule has 1 aromatic heterocycles. The van der Waals surface area contributed by atoms with Crippen molar-refractivity contribution < 1.29 is 98.4 Å². The van der Waals surface area contributed by atoms with Crippen molar-refractivity contribution in [2.24, 2.45) is 0 Å². The summed E-state index contributed by atoms with van der Waals surface area (Å²) in [6.07, 6.45) is -2.11. The highest BCUT2D eigenvalue weighted by molar-refractivity contribution is 8.77. The summed E-state index contributed by atoms with van der Waals surface area (Å²) >= 11 is 5.31. The van der Waals surface area contributed by atoms with E-state index in [9.17, 15) is 47.5 Å². The second kappa shape index (κ2) is 35.8. The number of aryl methyl sites for hydroxylation is 1. The van der Waals surface area contributed by atoms with Crippen LogP contribution >= 0.6 is 45.1 Å². The van der Waals surface area contributed by atoms with Gasteiger partial charge in [-0.1, -0.05) is 55.9 Å². The number of amides is 3. The first-order valence-corrected chi connectivity index (χ1v) is 37.2. The molecule has 3 aliphatic rings. The molecule has 0 spiro atoms. The van der Waals surface area contributed by atoms with E-state index in [0.29, 0.717) is 65.5 Å². The molecule has 6 rings (SSSR count). The maximum Gasteiger partial charge on any atom is 0.490 e. The molecule has 11 N–H and O–H groups in total. The van der Waals surface area contributed by atoms with Gasteiger partial charge in [-0.3, -0.25) is 23.7 Å².